The predicted octanol–water partition coefficient (Wildman–Crippen LogP) is 4.64. The number of ether oxygens (including phenoxy) is 1. The van der Waals surface area contributed by atoms with Crippen molar-refractivity contribution in [2.24, 2.45) is 0 Å². The van der Waals surface area contributed by atoms with Gasteiger partial charge in [0.05, 0.1) is 12.3 Å². The van der Waals surface area contributed by atoms with Gasteiger partial charge >= 0.3 is 0 Å². The molecule has 0 aliphatic heterocycles. The van der Waals surface area contributed by atoms with E-state index in [1.807, 2.05) is 66.7 Å². The molecule has 26 heavy (non-hydrogen) atoms. The maximum Gasteiger partial charge on any atom is 0.185 e. The van der Waals surface area contributed by atoms with Crippen molar-refractivity contribution in [3.05, 3.63) is 66.7 Å². The van der Waals surface area contributed by atoms with Crippen molar-refractivity contribution in [1.82, 2.24) is 19.8 Å². The van der Waals surface area contributed by atoms with Crippen LogP contribution in [0.5, 0.6) is 5.75 Å². The number of hydrogen-bond donors (Lipinski definition) is 0. The van der Waals surface area contributed by atoms with Crippen LogP contribution >= 0.6 is 0 Å². The number of rotatable bonds is 6. The number of unbranched alkanes of at least 4 members (excludes halogenated alkanes) is 1. The van der Waals surface area contributed by atoms with Gasteiger partial charge in [-0.25, -0.2) is 0 Å². The van der Waals surface area contributed by atoms with Gasteiger partial charge in [-0.3, -0.25) is 0 Å². The maximum atomic E-state index is 5.81. The minimum atomic E-state index is 0.725. The Bertz CT molecular complexity index is 1010. The minimum Gasteiger partial charge on any atom is -0.494 e. The van der Waals surface area contributed by atoms with E-state index in [1.165, 1.54) is 0 Å². The first-order chi connectivity index (χ1) is 12.8. The van der Waals surface area contributed by atoms with E-state index in [2.05, 4.69) is 17.1 Å². The van der Waals surface area contributed by atoms with E-state index in [0.29, 0.717) is 0 Å². The molecule has 4 rings (SSSR count). The lowest BCUT2D eigenvalue weighted by Gasteiger charge is -2.08. The molecule has 5 heteroatoms. The summed E-state index contributed by atoms with van der Waals surface area (Å²) >= 11 is 0. The number of aromatic nitrogens is 4. The summed E-state index contributed by atoms with van der Waals surface area (Å²) in [5.41, 5.74) is 3.58. The third kappa shape index (κ3) is 3.28. The van der Waals surface area contributed by atoms with Crippen LogP contribution in [0.3, 0.4) is 0 Å². The maximum absolute atomic E-state index is 5.81. The topological polar surface area (TPSA) is 52.3 Å². The predicted molar refractivity (Wildman–Crippen MR) is 102 cm³/mol. The third-order valence-electron chi connectivity index (χ3n) is 4.19. The quantitative estimate of drug-likeness (QED) is 0.478. The molecule has 0 aliphatic carbocycles. The summed E-state index contributed by atoms with van der Waals surface area (Å²) < 4.78 is 7.60. The molecule has 0 saturated carbocycles. The van der Waals surface area contributed by atoms with E-state index in [0.717, 1.165) is 53.5 Å². The summed E-state index contributed by atoms with van der Waals surface area (Å²) in [7, 11) is 0. The van der Waals surface area contributed by atoms with Crippen molar-refractivity contribution >= 4 is 5.65 Å². The normalized spacial score (nSPS) is 11.0. The largest absolute Gasteiger partial charge is 0.494 e. The monoisotopic (exact) mass is 344 g/mol. The zero-order valence-electron chi connectivity index (χ0n) is 14.7. The molecule has 0 radical (unpaired) electrons. The number of hydrogen-bond acceptors (Lipinski definition) is 4. The first-order valence-electron chi connectivity index (χ1n) is 8.86. The standard InChI is InChI=1S/C21H20N4O/c1-2-3-14-26-18-11-7-10-17(15-18)19-12-13-20-22-23-21(25(20)24-19)16-8-5-4-6-9-16/h4-13,15H,2-3,14H2,1H3. The van der Waals surface area contributed by atoms with Gasteiger partial charge in [0.15, 0.2) is 11.5 Å². The second-order valence-electron chi connectivity index (χ2n) is 6.11. The van der Waals surface area contributed by atoms with Gasteiger partial charge in [0.25, 0.3) is 0 Å². The summed E-state index contributed by atoms with van der Waals surface area (Å²) in [5.74, 6) is 1.60. The Hall–Kier alpha value is -3.21. The summed E-state index contributed by atoms with van der Waals surface area (Å²) in [6, 6.07) is 21.9. The molecule has 5 nitrogen and oxygen atoms in total. The molecule has 4 aromatic rings. The molecule has 2 aromatic carbocycles. The Balaban J connectivity index is 1.70. The van der Waals surface area contributed by atoms with Gasteiger partial charge in [0, 0.05) is 11.1 Å². The zero-order chi connectivity index (χ0) is 17.8. The van der Waals surface area contributed by atoms with Crippen LogP contribution in [0.15, 0.2) is 66.7 Å². The van der Waals surface area contributed by atoms with Crippen LogP contribution in [0.2, 0.25) is 0 Å². The van der Waals surface area contributed by atoms with Crippen LogP contribution in [-0.2, 0) is 0 Å². The fourth-order valence-electron chi connectivity index (χ4n) is 2.79. The van der Waals surface area contributed by atoms with E-state index < -0.39 is 0 Å². The highest BCUT2D eigenvalue weighted by atomic mass is 16.5. The van der Waals surface area contributed by atoms with E-state index >= 15 is 0 Å². The van der Waals surface area contributed by atoms with Crippen molar-refractivity contribution in [1.29, 1.82) is 0 Å². The van der Waals surface area contributed by atoms with Gasteiger partial charge in [0.1, 0.15) is 5.75 Å². The molecule has 0 aliphatic rings. The van der Waals surface area contributed by atoms with Gasteiger partial charge < -0.3 is 4.74 Å². The molecule has 0 bridgehead atoms. The van der Waals surface area contributed by atoms with Gasteiger partial charge in [0.2, 0.25) is 0 Å². The Labute approximate surface area is 152 Å². The highest BCUT2D eigenvalue weighted by Crippen LogP contribution is 2.24. The van der Waals surface area contributed by atoms with Crippen LogP contribution in [-0.4, -0.2) is 26.4 Å². The minimum absolute atomic E-state index is 0.725. The Kier molecular flexibility index (Phi) is 4.60. The number of fused-ring (bicyclic) bond motifs is 1. The molecule has 0 amide bonds. The molecule has 0 N–H and O–H groups in total. The summed E-state index contributed by atoms with van der Waals surface area (Å²) in [6.07, 6.45) is 2.17. The van der Waals surface area contributed by atoms with Gasteiger partial charge in [-0.1, -0.05) is 55.8 Å². The molecule has 0 saturated heterocycles. The van der Waals surface area contributed by atoms with Crippen LogP contribution in [0, 0.1) is 0 Å². The van der Waals surface area contributed by atoms with E-state index in [1.54, 1.807) is 4.52 Å². The first-order valence-corrected chi connectivity index (χ1v) is 8.86. The van der Waals surface area contributed by atoms with Crippen molar-refractivity contribution < 1.29 is 4.74 Å². The van der Waals surface area contributed by atoms with Crippen LogP contribution in [0.4, 0.5) is 0 Å². The lowest BCUT2D eigenvalue weighted by molar-refractivity contribution is 0.309. The highest BCUT2D eigenvalue weighted by Gasteiger charge is 2.10. The molecule has 0 fully saturated rings. The average Bonchev–Trinajstić information content (AvgIpc) is 3.12. The fraction of sp³-hybridized carbons (Fsp3) is 0.190. The van der Waals surface area contributed by atoms with Crippen LogP contribution in [0.25, 0.3) is 28.3 Å². The van der Waals surface area contributed by atoms with Crippen molar-refractivity contribution in [2.45, 2.75) is 19.8 Å². The summed E-state index contributed by atoms with van der Waals surface area (Å²) in [4.78, 5) is 0. The molecule has 0 atom stereocenters. The second-order valence-corrected chi connectivity index (χ2v) is 6.11. The first kappa shape index (κ1) is 16.3. The molecule has 130 valence electrons. The van der Waals surface area contributed by atoms with Crippen molar-refractivity contribution in [3.63, 3.8) is 0 Å². The van der Waals surface area contributed by atoms with Crippen molar-refractivity contribution in [3.8, 4) is 28.4 Å². The van der Waals surface area contributed by atoms with E-state index in [9.17, 15) is 0 Å². The molecule has 2 heterocycles. The molecule has 2 aromatic heterocycles. The molecule has 0 spiro atoms. The van der Waals surface area contributed by atoms with E-state index in [-0.39, 0.29) is 0 Å². The molecular formula is C21H20N4O. The Morgan fingerprint density at radius 2 is 1.73 bits per heavy atom. The highest BCUT2D eigenvalue weighted by molar-refractivity contribution is 5.64. The van der Waals surface area contributed by atoms with Gasteiger partial charge in [-0.15, -0.1) is 10.2 Å². The molecule has 0 unspecified atom stereocenters. The fourth-order valence-corrected chi connectivity index (χ4v) is 2.79. The second kappa shape index (κ2) is 7.35. The van der Waals surface area contributed by atoms with Gasteiger partial charge in [-0.2, -0.15) is 9.61 Å². The average molecular weight is 344 g/mol. The molecular weight excluding hydrogens is 324 g/mol. The number of benzene rings is 2. The van der Waals surface area contributed by atoms with Gasteiger partial charge in [-0.05, 0) is 30.7 Å². The third-order valence-corrected chi connectivity index (χ3v) is 4.19. The smallest absolute Gasteiger partial charge is 0.185 e. The Morgan fingerprint density at radius 3 is 2.58 bits per heavy atom. The summed E-state index contributed by atoms with van der Waals surface area (Å²) in [5, 5.41) is 13.3. The Morgan fingerprint density at radius 1 is 0.885 bits per heavy atom. The van der Waals surface area contributed by atoms with Crippen molar-refractivity contribution in [2.75, 3.05) is 6.61 Å². The summed E-state index contributed by atoms with van der Waals surface area (Å²) in [6.45, 7) is 2.89. The van der Waals surface area contributed by atoms with E-state index in [4.69, 9.17) is 9.84 Å². The zero-order valence-corrected chi connectivity index (χ0v) is 14.7. The van der Waals surface area contributed by atoms with Crippen LogP contribution < -0.4 is 4.74 Å². The lowest BCUT2D eigenvalue weighted by atomic mass is 10.1. The van der Waals surface area contributed by atoms with Crippen LogP contribution in [0.1, 0.15) is 19.8 Å². The SMILES string of the molecule is CCCCOc1cccc(-c2ccc3nnc(-c4ccccc4)n3n2)c1. The number of nitrogens with zero attached hydrogens (tertiary/aromatic N) is 4. The lowest BCUT2D eigenvalue weighted by Crippen LogP contribution is -1.98.